The minimum absolute atomic E-state index is 0.242. The van der Waals surface area contributed by atoms with Gasteiger partial charge in [0.2, 0.25) is 0 Å². The molecule has 2 rings (SSSR count). The van der Waals surface area contributed by atoms with E-state index in [1.807, 2.05) is 20.0 Å². The molecule has 96 valence electrons. The first-order chi connectivity index (χ1) is 8.74. The van der Waals surface area contributed by atoms with Crippen LogP contribution in [0, 0.1) is 6.92 Å². The molecule has 0 saturated carbocycles. The van der Waals surface area contributed by atoms with E-state index in [2.05, 4.69) is 28.5 Å². The minimum atomic E-state index is 0.242. The number of nitrogens with zero attached hydrogens (tertiary/aromatic N) is 2. The molecule has 18 heavy (non-hydrogen) atoms. The van der Waals surface area contributed by atoms with Gasteiger partial charge in [0.15, 0.2) is 0 Å². The van der Waals surface area contributed by atoms with Crippen molar-refractivity contribution in [3.05, 3.63) is 47.2 Å². The van der Waals surface area contributed by atoms with Crippen LogP contribution in [-0.4, -0.2) is 17.2 Å². The molecule has 0 aliphatic rings. The van der Waals surface area contributed by atoms with Gasteiger partial charge in [0, 0.05) is 6.04 Å². The largest absolute Gasteiger partial charge is 0.472 e. The SMILES string of the molecule is CCc1nnc(C)cc1C(Cc1ccoc1)NC. The van der Waals surface area contributed by atoms with Crippen LogP contribution in [0.4, 0.5) is 0 Å². The Bertz CT molecular complexity index is 494. The second-order valence-corrected chi connectivity index (χ2v) is 4.42. The zero-order valence-corrected chi connectivity index (χ0v) is 11.1. The molecule has 2 aromatic heterocycles. The topological polar surface area (TPSA) is 51.0 Å². The van der Waals surface area contributed by atoms with E-state index in [0.717, 1.165) is 24.2 Å². The minimum Gasteiger partial charge on any atom is -0.472 e. The quantitative estimate of drug-likeness (QED) is 0.879. The van der Waals surface area contributed by atoms with Crippen LogP contribution in [0.1, 0.15) is 35.5 Å². The molecule has 2 aromatic rings. The average molecular weight is 245 g/mol. The zero-order valence-electron chi connectivity index (χ0n) is 11.1. The molecule has 0 aromatic carbocycles. The number of hydrogen-bond donors (Lipinski definition) is 1. The van der Waals surface area contributed by atoms with Crippen LogP contribution in [-0.2, 0) is 12.8 Å². The van der Waals surface area contributed by atoms with Gasteiger partial charge in [-0.05, 0) is 50.1 Å². The second-order valence-electron chi connectivity index (χ2n) is 4.42. The van der Waals surface area contributed by atoms with Crippen molar-refractivity contribution in [2.24, 2.45) is 0 Å². The highest BCUT2D eigenvalue weighted by atomic mass is 16.3. The molecule has 0 radical (unpaired) electrons. The highest BCUT2D eigenvalue weighted by Gasteiger charge is 2.16. The third kappa shape index (κ3) is 2.76. The summed E-state index contributed by atoms with van der Waals surface area (Å²) in [7, 11) is 1.97. The van der Waals surface area contributed by atoms with E-state index >= 15 is 0 Å². The highest BCUT2D eigenvalue weighted by molar-refractivity contribution is 5.26. The van der Waals surface area contributed by atoms with Crippen LogP contribution in [0.2, 0.25) is 0 Å². The van der Waals surface area contributed by atoms with Gasteiger partial charge in [-0.1, -0.05) is 6.92 Å². The number of likely N-dealkylation sites (N-methyl/N-ethyl adjacent to an activating group) is 1. The van der Waals surface area contributed by atoms with Crippen LogP contribution < -0.4 is 5.32 Å². The summed E-state index contributed by atoms with van der Waals surface area (Å²) in [5.41, 5.74) is 4.43. The van der Waals surface area contributed by atoms with Gasteiger partial charge in [0.05, 0.1) is 23.9 Å². The van der Waals surface area contributed by atoms with Crippen molar-refractivity contribution < 1.29 is 4.42 Å². The van der Waals surface area contributed by atoms with E-state index < -0.39 is 0 Å². The van der Waals surface area contributed by atoms with Crippen LogP contribution >= 0.6 is 0 Å². The summed E-state index contributed by atoms with van der Waals surface area (Å²) in [6.45, 7) is 4.08. The molecular formula is C14H19N3O. The van der Waals surface area contributed by atoms with Gasteiger partial charge in [-0.2, -0.15) is 10.2 Å². The Morgan fingerprint density at radius 3 is 2.83 bits per heavy atom. The highest BCUT2D eigenvalue weighted by Crippen LogP contribution is 2.21. The monoisotopic (exact) mass is 245 g/mol. The van der Waals surface area contributed by atoms with Crippen LogP contribution in [0.3, 0.4) is 0 Å². The molecule has 0 bridgehead atoms. The third-order valence-corrected chi connectivity index (χ3v) is 3.10. The van der Waals surface area contributed by atoms with Gasteiger partial charge in [-0.25, -0.2) is 0 Å². The zero-order chi connectivity index (χ0) is 13.0. The van der Waals surface area contributed by atoms with Gasteiger partial charge in [-0.15, -0.1) is 0 Å². The lowest BCUT2D eigenvalue weighted by atomic mass is 9.98. The second kappa shape index (κ2) is 5.78. The molecule has 0 aliphatic carbocycles. The number of rotatable bonds is 5. The number of furan rings is 1. The predicted molar refractivity (Wildman–Crippen MR) is 70.4 cm³/mol. The molecule has 2 heterocycles. The summed E-state index contributed by atoms with van der Waals surface area (Å²) < 4.78 is 5.12. The molecule has 0 amide bonds. The summed E-state index contributed by atoms with van der Waals surface area (Å²) in [4.78, 5) is 0. The molecule has 0 saturated heterocycles. The third-order valence-electron chi connectivity index (χ3n) is 3.10. The summed E-state index contributed by atoms with van der Waals surface area (Å²) in [5, 5.41) is 11.8. The van der Waals surface area contributed by atoms with E-state index in [9.17, 15) is 0 Å². The Morgan fingerprint density at radius 1 is 1.39 bits per heavy atom. The number of aryl methyl sites for hydroxylation is 2. The first kappa shape index (κ1) is 12.8. The maximum Gasteiger partial charge on any atom is 0.0935 e. The van der Waals surface area contributed by atoms with Crippen molar-refractivity contribution in [1.82, 2.24) is 15.5 Å². The van der Waals surface area contributed by atoms with Gasteiger partial charge in [0.1, 0.15) is 0 Å². The Hall–Kier alpha value is -1.68. The maximum absolute atomic E-state index is 5.12. The van der Waals surface area contributed by atoms with Crippen molar-refractivity contribution in [3.8, 4) is 0 Å². The van der Waals surface area contributed by atoms with Crippen molar-refractivity contribution in [3.63, 3.8) is 0 Å². The lowest BCUT2D eigenvalue weighted by Crippen LogP contribution is -2.21. The maximum atomic E-state index is 5.12. The predicted octanol–water partition coefficient (Wildman–Crippen LogP) is 2.44. The lowest BCUT2D eigenvalue weighted by Gasteiger charge is -2.18. The summed E-state index contributed by atoms with van der Waals surface area (Å²) in [5.74, 6) is 0. The molecule has 4 nitrogen and oxygen atoms in total. The standard InChI is InChI=1S/C14H19N3O/c1-4-13-12(7-10(2)16-17-13)14(15-3)8-11-5-6-18-9-11/h5-7,9,14-15H,4,8H2,1-3H3. The Balaban J connectivity index is 2.28. The molecular weight excluding hydrogens is 226 g/mol. The van der Waals surface area contributed by atoms with Crippen LogP contribution in [0.5, 0.6) is 0 Å². The van der Waals surface area contributed by atoms with Crippen LogP contribution in [0.15, 0.2) is 29.1 Å². The van der Waals surface area contributed by atoms with Gasteiger partial charge in [0.25, 0.3) is 0 Å². The van der Waals surface area contributed by atoms with E-state index in [4.69, 9.17) is 4.42 Å². The molecule has 1 atom stereocenters. The molecule has 1 N–H and O–H groups in total. The van der Waals surface area contributed by atoms with Gasteiger partial charge < -0.3 is 9.73 Å². The normalized spacial score (nSPS) is 12.6. The molecule has 0 aliphatic heterocycles. The molecule has 0 spiro atoms. The van der Waals surface area contributed by atoms with Gasteiger partial charge in [-0.3, -0.25) is 0 Å². The van der Waals surface area contributed by atoms with Crippen LogP contribution in [0.25, 0.3) is 0 Å². The number of nitrogens with one attached hydrogen (secondary N) is 1. The van der Waals surface area contributed by atoms with Crippen molar-refractivity contribution >= 4 is 0 Å². The summed E-state index contributed by atoms with van der Waals surface area (Å²) >= 11 is 0. The molecule has 0 fully saturated rings. The van der Waals surface area contributed by atoms with Gasteiger partial charge >= 0.3 is 0 Å². The van der Waals surface area contributed by atoms with Crippen molar-refractivity contribution in [2.45, 2.75) is 32.7 Å². The smallest absolute Gasteiger partial charge is 0.0935 e. The van der Waals surface area contributed by atoms with E-state index in [1.165, 1.54) is 11.1 Å². The fourth-order valence-electron chi connectivity index (χ4n) is 2.12. The first-order valence-electron chi connectivity index (χ1n) is 6.26. The van der Waals surface area contributed by atoms with Crippen molar-refractivity contribution in [1.29, 1.82) is 0 Å². The fraction of sp³-hybridized carbons (Fsp3) is 0.429. The Morgan fingerprint density at radius 2 is 2.22 bits per heavy atom. The summed E-state index contributed by atoms with van der Waals surface area (Å²) in [6, 6.07) is 4.36. The number of aromatic nitrogens is 2. The molecule has 1 unspecified atom stereocenters. The average Bonchev–Trinajstić information content (AvgIpc) is 2.88. The Labute approximate surface area is 107 Å². The Kier molecular flexibility index (Phi) is 4.10. The van der Waals surface area contributed by atoms with Crippen molar-refractivity contribution in [2.75, 3.05) is 7.05 Å². The summed E-state index contributed by atoms with van der Waals surface area (Å²) in [6.07, 6.45) is 5.29. The lowest BCUT2D eigenvalue weighted by molar-refractivity contribution is 0.548. The van der Waals surface area contributed by atoms with E-state index in [-0.39, 0.29) is 6.04 Å². The van der Waals surface area contributed by atoms with E-state index in [0.29, 0.717) is 0 Å². The van der Waals surface area contributed by atoms with E-state index in [1.54, 1.807) is 12.5 Å². The fourth-order valence-corrected chi connectivity index (χ4v) is 2.12. The number of hydrogen-bond acceptors (Lipinski definition) is 4. The molecule has 4 heteroatoms. The first-order valence-corrected chi connectivity index (χ1v) is 6.26.